The molecule has 0 aliphatic carbocycles. The summed E-state index contributed by atoms with van der Waals surface area (Å²) in [7, 11) is 4.15. The van der Waals surface area contributed by atoms with E-state index in [-0.39, 0.29) is 40.4 Å². The number of carbonyl (C=O) groups is 2. The highest BCUT2D eigenvalue weighted by Crippen LogP contribution is 2.59. The first kappa shape index (κ1) is 22.9. The van der Waals surface area contributed by atoms with Crippen molar-refractivity contribution in [2.75, 3.05) is 23.9 Å². The van der Waals surface area contributed by atoms with Gasteiger partial charge in [-0.05, 0) is 41.7 Å². The highest BCUT2D eigenvalue weighted by Gasteiger charge is 2.69. The van der Waals surface area contributed by atoms with Gasteiger partial charge in [-0.1, -0.05) is 64.1 Å². The Morgan fingerprint density at radius 1 is 0.838 bits per heavy atom. The van der Waals surface area contributed by atoms with Crippen LogP contribution in [0.1, 0.15) is 57.2 Å². The molecule has 5 heterocycles. The molecule has 0 radical (unpaired) electrons. The number of hydrogen-bond donors (Lipinski definition) is 0. The number of nitrogens with zero attached hydrogens (tertiary/aromatic N) is 4. The van der Waals surface area contributed by atoms with E-state index in [2.05, 4.69) is 101 Å². The topological polar surface area (TPSA) is 47.1 Å². The van der Waals surface area contributed by atoms with Gasteiger partial charge in [-0.2, -0.15) is 0 Å². The predicted octanol–water partition coefficient (Wildman–Crippen LogP) is 4.13. The van der Waals surface area contributed by atoms with Crippen LogP contribution in [0.2, 0.25) is 0 Å². The van der Waals surface area contributed by atoms with Gasteiger partial charge in [0, 0.05) is 41.7 Å². The first-order valence-electron chi connectivity index (χ1n) is 13.4. The maximum atomic E-state index is 14.4. The minimum Gasteiger partial charge on any atom is -0.353 e. The van der Waals surface area contributed by atoms with Crippen molar-refractivity contribution in [1.29, 1.82) is 0 Å². The molecule has 0 aromatic heterocycles. The van der Waals surface area contributed by atoms with Crippen LogP contribution in [0.4, 0.5) is 11.4 Å². The monoisotopic (exact) mass is 496 g/mol. The molecule has 0 saturated carbocycles. The van der Waals surface area contributed by atoms with Gasteiger partial charge in [0.05, 0.1) is 0 Å². The molecule has 6 atom stereocenters. The van der Waals surface area contributed by atoms with Crippen molar-refractivity contribution < 1.29 is 9.59 Å². The van der Waals surface area contributed by atoms with Crippen molar-refractivity contribution in [3.63, 3.8) is 0 Å². The number of allylic oxidation sites excluding steroid dienone is 1. The second-order valence-electron chi connectivity index (χ2n) is 12.9. The van der Waals surface area contributed by atoms with E-state index in [0.717, 1.165) is 11.4 Å². The molecule has 3 fully saturated rings. The highest BCUT2D eigenvalue weighted by atomic mass is 16.2. The predicted molar refractivity (Wildman–Crippen MR) is 146 cm³/mol. The Morgan fingerprint density at radius 2 is 1.35 bits per heavy atom. The molecule has 0 bridgehead atoms. The van der Waals surface area contributed by atoms with Crippen LogP contribution in [-0.4, -0.2) is 60.1 Å². The molecule has 5 aliphatic heterocycles. The number of likely N-dealkylation sites (N-methyl/N-ethyl adjacent to an activating group) is 2. The van der Waals surface area contributed by atoms with Crippen LogP contribution in [0.25, 0.3) is 0 Å². The Labute approximate surface area is 219 Å². The van der Waals surface area contributed by atoms with Crippen molar-refractivity contribution in [3.05, 3.63) is 71.8 Å². The number of anilines is 2. The number of fused-ring (bicyclic) bond motifs is 10. The molecule has 5 aliphatic rings. The van der Waals surface area contributed by atoms with Crippen molar-refractivity contribution >= 4 is 23.2 Å². The van der Waals surface area contributed by atoms with Gasteiger partial charge in [-0.25, -0.2) is 0 Å². The van der Waals surface area contributed by atoms with Crippen LogP contribution >= 0.6 is 0 Å². The van der Waals surface area contributed by atoms with E-state index >= 15 is 0 Å². The van der Waals surface area contributed by atoms with Gasteiger partial charge in [0.25, 0.3) is 0 Å². The van der Waals surface area contributed by atoms with Gasteiger partial charge in [0.2, 0.25) is 11.8 Å². The van der Waals surface area contributed by atoms with E-state index in [1.54, 1.807) is 0 Å². The highest BCUT2D eigenvalue weighted by molar-refractivity contribution is 6.00. The number of rotatable bonds is 2. The molecule has 0 N–H and O–H groups in total. The van der Waals surface area contributed by atoms with E-state index in [0.29, 0.717) is 12.8 Å². The fourth-order valence-electron chi connectivity index (χ4n) is 8.54. The Bertz CT molecular complexity index is 1400. The number of carbonyl (C=O) groups excluding carboxylic acids is 2. The number of para-hydroxylation sites is 1. The van der Waals surface area contributed by atoms with Gasteiger partial charge in [-0.3, -0.25) is 9.59 Å². The van der Waals surface area contributed by atoms with Gasteiger partial charge < -0.3 is 19.6 Å². The lowest BCUT2D eigenvalue weighted by Gasteiger charge is -2.46. The Balaban J connectivity index is 1.31. The maximum Gasteiger partial charge on any atom is 0.247 e. The summed E-state index contributed by atoms with van der Waals surface area (Å²) in [5.41, 5.74) is 5.26. The summed E-state index contributed by atoms with van der Waals surface area (Å²) < 4.78 is 0. The molecule has 0 spiro atoms. The average molecular weight is 497 g/mol. The number of amides is 2. The first-order chi connectivity index (χ1) is 17.5. The maximum absolute atomic E-state index is 14.4. The summed E-state index contributed by atoms with van der Waals surface area (Å²) in [5.74, 6) is 0.206. The minimum atomic E-state index is -0.440. The molecule has 2 aromatic carbocycles. The number of hydrogen-bond acceptors (Lipinski definition) is 4. The summed E-state index contributed by atoms with van der Waals surface area (Å²) >= 11 is 0. The van der Waals surface area contributed by atoms with Crippen molar-refractivity contribution in [3.8, 4) is 0 Å². The van der Waals surface area contributed by atoms with Gasteiger partial charge in [0.1, 0.15) is 24.4 Å². The molecule has 192 valence electrons. The summed E-state index contributed by atoms with van der Waals surface area (Å²) in [6.07, 6.45) is 2.99. The van der Waals surface area contributed by atoms with Crippen LogP contribution in [-0.2, 0) is 25.8 Å². The first-order valence-corrected chi connectivity index (χ1v) is 13.4. The molecule has 2 aromatic rings. The van der Waals surface area contributed by atoms with Gasteiger partial charge >= 0.3 is 0 Å². The largest absolute Gasteiger partial charge is 0.353 e. The van der Waals surface area contributed by atoms with E-state index in [1.165, 1.54) is 16.7 Å². The fraction of sp³-hybridized carbons (Fsp3) is 0.484. The third-order valence-corrected chi connectivity index (χ3v) is 10.5. The third-order valence-electron chi connectivity index (χ3n) is 10.5. The zero-order valence-corrected chi connectivity index (χ0v) is 22.7. The molecule has 3 saturated heterocycles. The zero-order chi connectivity index (χ0) is 26.2. The average Bonchev–Trinajstić information content (AvgIpc) is 3.51. The smallest absolute Gasteiger partial charge is 0.247 e. The fourth-order valence-corrected chi connectivity index (χ4v) is 8.54. The van der Waals surface area contributed by atoms with Crippen LogP contribution in [0.15, 0.2) is 55.1 Å². The zero-order valence-electron chi connectivity index (χ0n) is 22.7. The molecule has 37 heavy (non-hydrogen) atoms. The Kier molecular flexibility index (Phi) is 4.19. The second-order valence-corrected chi connectivity index (χ2v) is 12.9. The van der Waals surface area contributed by atoms with Crippen LogP contribution < -0.4 is 9.80 Å². The van der Waals surface area contributed by atoms with Crippen LogP contribution in [0, 0.1) is 0 Å². The standard InChI is InChI=1S/C31H36N4O2/c1-8-29(2,3)18-13-14-22-20(15-18)31(5)17-24-26(37)34-23(25(36)35(24)28(31)33(22)7)16-30(4)19-11-9-10-12-21(19)32(6)27(30)34/h8-15,23-24,27-28H,1,16-17H2,2-7H3. The number of piperazine rings is 1. The van der Waals surface area contributed by atoms with E-state index < -0.39 is 12.1 Å². The molecule has 7 rings (SSSR count). The van der Waals surface area contributed by atoms with Crippen molar-refractivity contribution in [2.24, 2.45) is 0 Å². The molecule has 2 amide bonds. The normalized spacial score (nSPS) is 35.3. The lowest BCUT2D eigenvalue weighted by molar-refractivity contribution is -0.160. The molecule has 6 heteroatoms. The van der Waals surface area contributed by atoms with Crippen molar-refractivity contribution in [2.45, 2.75) is 81.2 Å². The SMILES string of the molecule is C=CC(C)(C)c1ccc2c(c1)C1(C)CC3C(=O)N4C(CC5(C)c6ccccc6N(C)C45)C(=O)N3C1N2C. The summed E-state index contributed by atoms with van der Waals surface area (Å²) in [4.78, 5) is 37.1. The summed E-state index contributed by atoms with van der Waals surface area (Å²) in [6, 6.07) is 14.2. The quantitative estimate of drug-likeness (QED) is 0.587. The van der Waals surface area contributed by atoms with Crippen LogP contribution in [0.5, 0.6) is 0 Å². The van der Waals surface area contributed by atoms with E-state index in [9.17, 15) is 9.59 Å². The van der Waals surface area contributed by atoms with E-state index in [1.807, 2.05) is 15.9 Å². The van der Waals surface area contributed by atoms with Crippen LogP contribution in [0.3, 0.4) is 0 Å². The van der Waals surface area contributed by atoms with E-state index in [4.69, 9.17) is 0 Å². The molecular formula is C31H36N4O2. The minimum absolute atomic E-state index is 0.103. The molecular weight excluding hydrogens is 460 g/mol. The second kappa shape index (κ2) is 6.77. The third kappa shape index (κ3) is 2.47. The number of benzene rings is 2. The Hall–Kier alpha value is -3.28. The van der Waals surface area contributed by atoms with Crippen molar-refractivity contribution in [1.82, 2.24) is 9.80 Å². The molecule has 6 nitrogen and oxygen atoms in total. The Morgan fingerprint density at radius 3 is 1.92 bits per heavy atom. The summed E-state index contributed by atoms with van der Waals surface area (Å²) in [6.45, 7) is 12.9. The lowest BCUT2D eigenvalue weighted by Crippen LogP contribution is -2.67. The molecule has 6 unspecified atom stereocenters. The van der Waals surface area contributed by atoms with Gasteiger partial charge in [0.15, 0.2) is 0 Å². The summed E-state index contributed by atoms with van der Waals surface area (Å²) in [5, 5.41) is 0. The van der Waals surface area contributed by atoms with Gasteiger partial charge in [-0.15, -0.1) is 6.58 Å². The lowest BCUT2D eigenvalue weighted by atomic mass is 9.76.